The van der Waals surface area contributed by atoms with E-state index in [1.54, 1.807) is 24.3 Å². The number of nitrogen functional groups attached to an aromatic ring is 1. The number of amides is 1. The number of carbonyl (C=O) groups excluding carboxylic acids is 1. The Morgan fingerprint density at radius 3 is 2.32 bits per heavy atom. The van der Waals surface area contributed by atoms with Gasteiger partial charge in [0, 0.05) is 17.3 Å². The first kappa shape index (κ1) is 13.9. The van der Waals surface area contributed by atoms with E-state index < -0.39 is 0 Å². The van der Waals surface area contributed by atoms with Gasteiger partial charge in [0.15, 0.2) is 0 Å². The molecule has 19 heavy (non-hydrogen) atoms. The number of hydrogen-bond acceptors (Lipinski definition) is 3. The molecule has 104 valence electrons. The van der Waals surface area contributed by atoms with E-state index in [1.165, 1.54) is 12.8 Å². The van der Waals surface area contributed by atoms with Crippen LogP contribution in [0.25, 0.3) is 0 Å². The Bertz CT molecular complexity index is 429. The minimum Gasteiger partial charge on any atom is -0.349 e. The van der Waals surface area contributed by atoms with Crippen LogP contribution >= 0.6 is 0 Å². The molecule has 0 aliphatic heterocycles. The second kappa shape index (κ2) is 5.61. The molecule has 0 aromatic heterocycles. The lowest BCUT2D eigenvalue weighted by Gasteiger charge is -2.34. The van der Waals surface area contributed by atoms with Crippen molar-refractivity contribution in [2.75, 3.05) is 5.43 Å². The summed E-state index contributed by atoms with van der Waals surface area (Å²) in [7, 11) is 0. The monoisotopic (exact) mass is 261 g/mol. The first-order valence-corrected chi connectivity index (χ1v) is 6.88. The Balaban J connectivity index is 1.90. The minimum absolute atomic E-state index is 0.00766. The van der Waals surface area contributed by atoms with Crippen molar-refractivity contribution in [1.29, 1.82) is 0 Å². The van der Waals surface area contributed by atoms with Crippen LogP contribution in [-0.4, -0.2) is 11.9 Å². The molecule has 1 amide bonds. The van der Waals surface area contributed by atoms with Crippen LogP contribution in [0.4, 0.5) is 5.69 Å². The van der Waals surface area contributed by atoms with E-state index in [1.807, 2.05) is 0 Å². The van der Waals surface area contributed by atoms with Gasteiger partial charge in [0.1, 0.15) is 0 Å². The van der Waals surface area contributed by atoms with Gasteiger partial charge in [-0.25, -0.2) is 0 Å². The maximum Gasteiger partial charge on any atom is 0.251 e. The molecule has 1 aliphatic rings. The van der Waals surface area contributed by atoms with E-state index >= 15 is 0 Å². The van der Waals surface area contributed by atoms with E-state index in [9.17, 15) is 4.79 Å². The van der Waals surface area contributed by atoms with Gasteiger partial charge in [-0.2, -0.15) is 0 Å². The second-order valence-corrected chi connectivity index (χ2v) is 6.13. The van der Waals surface area contributed by atoms with E-state index in [0.717, 1.165) is 18.5 Å². The number of hydrogen-bond donors (Lipinski definition) is 3. The molecule has 1 aromatic rings. The molecule has 0 bridgehead atoms. The quantitative estimate of drug-likeness (QED) is 0.579. The van der Waals surface area contributed by atoms with Gasteiger partial charge >= 0.3 is 0 Å². The van der Waals surface area contributed by atoms with Crippen molar-refractivity contribution in [3.05, 3.63) is 29.8 Å². The summed E-state index contributed by atoms with van der Waals surface area (Å²) in [6.45, 7) is 4.59. The molecular weight excluding hydrogens is 238 g/mol. The summed E-state index contributed by atoms with van der Waals surface area (Å²) in [5, 5.41) is 3.12. The van der Waals surface area contributed by atoms with E-state index in [4.69, 9.17) is 5.84 Å². The zero-order chi connectivity index (χ0) is 13.9. The van der Waals surface area contributed by atoms with E-state index in [0.29, 0.717) is 17.0 Å². The third-order valence-corrected chi connectivity index (χ3v) is 3.99. The summed E-state index contributed by atoms with van der Waals surface area (Å²) in [6, 6.07) is 7.50. The highest BCUT2D eigenvalue weighted by atomic mass is 16.1. The Hall–Kier alpha value is -1.55. The molecule has 0 radical (unpaired) electrons. The number of carbonyl (C=O) groups is 1. The molecule has 0 saturated heterocycles. The molecule has 0 unspecified atom stereocenters. The SMILES string of the molecule is CC1(C)CCC(NC(=O)c2ccc(NN)cc2)CC1. The molecule has 4 heteroatoms. The average molecular weight is 261 g/mol. The van der Waals surface area contributed by atoms with Crippen molar-refractivity contribution in [2.24, 2.45) is 11.3 Å². The zero-order valence-corrected chi connectivity index (χ0v) is 11.7. The van der Waals surface area contributed by atoms with Crippen LogP contribution in [0.1, 0.15) is 49.9 Å². The predicted octanol–water partition coefficient (Wildman–Crippen LogP) is 2.67. The van der Waals surface area contributed by atoms with Crippen molar-refractivity contribution < 1.29 is 4.79 Å². The minimum atomic E-state index is 0.00766. The number of nitrogens with two attached hydrogens (primary N) is 1. The van der Waals surface area contributed by atoms with E-state index in [-0.39, 0.29) is 5.91 Å². The van der Waals surface area contributed by atoms with Crippen molar-refractivity contribution in [3.8, 4) is 0 Å². The molecule has 4 nitrogen and oxygen atoms in total. The van der Waals surface area contributed by atoms with Crippen molar-refractivity contribution in [3.63, 3.8) is 0 Å². The molecule has 0 atom stereocenters. The topological polar surface area (TPSA) is 67.2 Å². The Labute approximate surface area is 114 Å². The lowest BCUT2D eigenvalue weighted by atomic mass is 9.75. The van der Waals surface area contributed by atoms with Crippen LogP contribution in [0.15, 0.2) is 24.3 Å². The molecule has 0 spiro atoms. The van der Waals surface area contributed by atoms with Crippen LogP contribution in [-0.2, 0) is 0 Å². The average Bonchev–Trinajstić information content (AvgIpc) is 2.41. The van der Waals surface area contributed by atoms with Gasteiger partial charge in [-0.15, -0.1) is 0 Å². The number of anilines is 1. The normalized spacial score (nSPS) is 18.9. The molecule has 2 rings (SSSR count). The number of benzene rings is 1. The van der Waals surface area contributed by atoms with Gasteiger partial charge in [-0.3, -0.25) is 10.6 Å². The predicted molar refractivity (Wildman–Crippen MR) is 77.8 cm³/mol. The zero-order valence-electron chi connectivity index (χ0n) is 11.7. The standard InChI is InChI=1S/C15H23N3O/c1-15(2)9-7-12(8-10-15)17-14(19)11-3-5-13(18-16)6-4-11/h3-6,12,18H,7-10,16H2,1-2H3,(H,17,19). The van der Waals surface area contributed by atoms with Crippen LogP contribution in [0.5, 0.6) is 0 Å². The first-order valence-electron chi connectivity index (χ1n) is 6.88. The highest BCUT2D eigenvalue weighted by Gasteiger charge is 2.27. The van der Waals surface area contributed by atoms with E-state index in [2.05, 4.69) is 24.6 Å². The molecule has 1 aromatic carbocycles. The fraction of sp³-hybridized carbons (Fsp3) is 0.533. The van der Waals surface area contributed by atoms with Crippen molar-refractivity contribution in [2.45, 2.75) is 45.6 Å². The summed E-state index contributed by atoms with van der Waals surface area (Å²) >= 11 is 0. The second-order valence-electron chi connectivity index (χ2n) is 6.13. The van der Waals surface area contributed by atoms with Gasteiger partial charge in [-0.05, 0) is 55.4 Å². The fourth-order valence-corrected chi connectivity index (χ4v) is 2.53. The Kier molecular flexibility index (Phi) is 4.10. The molecule has 1 fully saturated rings. The molecule has 4 N–H and O–H groups in total. The third kappa shape index (κ3) is 3.70. The van der Waals surface area contributed by atoms with Crippen LogP contribution in [0.3, 0.4) is 0 Å². The number of nitrogens with one attached hydrogen (secondary N) is 2. The molecule has 1 saturated carbocycles. The van der Waals surface area contributed by atoms with Crippen molar-refractivity contribution in [1.82, 2.24) is 5.32 Å². The van der Waals surface area contributed by atoms with Crippen LogP contribution in [0, 0.1) is 5.41 Å². The number of hydrazine groups is 1. The maximum absolute atomic E-state index is 12.1. The fourth-order valence-electron chi connectivity index (χ4n) is 2.53. The summed E-state index contributed by atoms with van der Waals surface area (Å²) < 4.78 is 0. The molecule has 0 heterocycles. The van der Waals surface area contributed by atoms with Gasteiger partial charge in [0.25, 0.3) is 5.91 Å². The Morgan fingerprint density at radius 1 is 1.21 bits per heavy atom. The Morgan fingerprint density at radius 2 is 1.79 bits per heavy atom. The van der Waals surface area contributed by atoms with Gasteiger partial charge < -0.3 is 10.7 Å². The summed E-state index contributed by atoms with van der Waals surface area (Å²) in [5.41, 5.74) is 4.46. The van der Waals surface area contributed by atoms with Crippen molar-refractivity contribution >= 4 is 11.6 Å². The lowest BCUT2D eigenvalue weighted by molar-refractivity contribution is 0.0909. The summed E-state index contributed by atoms with van der Waals surface area (Å²) in [6.07, 6.45) is 4.49. The van der Waals surface area contributed by atoms with Crippen LogP contribution < -0.4 is 16.6 Å². The van der Waals surface area contributed by atoms with Gasteiger partial charge in [0.05, 0.1) is 0 Å². The molecule has 1 aliphatic carbocycles. The summed E-state index contributed by atoms with van der Waals surface area (Å²) in [5.74, 6) is 5.31. The molecular formula is C15H23N3O. The highest BCUT2D eigenvalue weighted by Crippen LogP contribution is 2.35. The maximum atomic E-state index is 12.1. The van der Waals surface area contributed by atoms with Gasteiger partial charge in [0.2, 0.25) is 0 Å². The largest absolute Gasteiger partial charge is 0.349 e. The number of rotatable bonds is 3. The van der Waals surface area contributed by atoms with Gasteiger partial charge in [-0.1, -0.05) is 13.8 Å². The van der Waals surface area contributed by atoms with Crippen LogP contribution in [0.2, 0.25) is 0 Å². The highest BCUT2D eigenvalue weighted by molar-refractivity contribution is 5.94. The lowest BCUT2D eigenvalue weighted by Crippen LogP contribution is -2.39. The third-order valence-electron chi connectivity index (χ3n) is 3.99. The summed E-state index contributed by atoms with van der Waals surface area (Å²) in [4.78, 5) is 12.1. The smallest absolute Gasteiger partial charge is 0.251 e. The first-order chi connectivity index (χ1) is 9.00.